The minimum absolute atomic E-state index is 0.0417. The van der Waals surface area contributed by atoms with E-state index < -0.39 is 0 Å². The highest BCUT2D eigenvalue weighted by Crippen LogP contribution is 2.55. The van der Waals surface area contributed by atoms with Crippen molar-refractivity contribution in [1.82, 2.24) is 10.3 Å². The molecule has 0 aliphatic carbocycles. The van der Waals surface area contributed by atoms with E-state index in [0.717, 1.165) is 43.9 Å². The molecule has 0 unspecified atom stereocenters. The van der Waals surface area contributed by atoms with Crippen LogP contribution in [0.4, 0.5) is 5.82 Å². The van der Waals surface area contributed by atoms with Gasteiger partial charge in [0.2, 0.25) is 5.91 Å². The van der Waals surface area contributed by atoms with Crippen LogP contribution in [0.1, 0.15) is 24.0 Å². The van der Waals surface area contributed by atoms with Crippen LogP contribution in [0, 0.1) is 18.8 Å². The number of carbonyl (C=O) groups is 1. The maximum absolute atomic E-state index is 12.3. The molecule has 142 valence electrons. The Balaban J connectivity index is 1.25. The van der Waals surface area contributed by atoms with E-state index in [1.807, 2.05) is 23.0 Å². The molecule has 0 aromatic carbocycles. The van der Waals surface area contributed by atoms with E-state index in [9.17, 15) is 4.79 Å². The predicted octanol–water partition coefficient (Wildman–Crippen LogP) is 2.79. The van der Waals surface area contributed by atoms with Gasteiger partial charge in [-0.15, -0.1) is 0 Å². The van der Waals surface area contributed by atoms with Gasteiger partial charge < -0.3 is 15.0 Å². The number of nitrogens with zero attached hydrogens (tertiary/aromatic N) is 2. The zero-order valence-electron chi connectivity index (χ0n) is 15.6. The van der Waals surface area contributed by atoms with Gasteiger partial charge in [-0.25, -0.2) is 4.98 Å². The molecule has 1 amide bonds. The highest BCUT2D eigenvalue weighted by Gasteiger charge is 2.63. The number of hydrogen-bond donors (Lipinski definition) is 1. The number of rotatable bonds is 5. The molecule has 2 aromatic rings. The molecule has 1 N–H and O–H groups in total. The molecule has 5 nitrogen and oxygen atoms in total. The summed E-state index contributed by atoms with van der Waals surface area (Å²) in [4.78, 5) is 19.3. The molecule has 0 radical (unpaired) electrons. The number of carbonyl (C=O) groups excluding carboxylic acids is 1. The molecule has 5 rings (SSSR count). The molecule has 0 saturated carbocycles. The Hall–Kier alpha value is -1.92. The molecular formula is C21H25N3O2S. The van der Waals surface area contributed by atoms with Crippen molar-refractivity contribution < 1.29 is 9.53 Å². The third-order valence-electron chi connectivity index (χ3n) is 6.48. The Morgan fingerprint density at radius 3 is 3.15 bits per heavy atom. The average Bonchev–Trinajstić information content (AvgIpc) is 3.41. The van der Waals surface area contributed by atoms with Gasteiger partial charge in [-0.1, -0.05) is 6.07 Å². The first-order chi connectivity index (χ1) is 13.1. The summed E-state index contributed by atoms with van der Waals surface area (Å²) in [6.45, 7) is 4.67. The summed E-state index contributed by atoms with van der Waals surface area (Å²) < 4.78 is 6.49. The molecule has 3 aliphatic heterocycles. The summed E-state index contributed by atoms with van der Waals surface area (Å²) in [7, 11) is 0. The highest BCUT2D eigenvalue weighted by molar-refractivity contribution is 7.08. The van der Waals surface area contributed by atoms with Crippen molar-refractivity contribution in [2.24, 2.45) is 11.8 Å². The Labute approximate surface area is 163 Å². The second-order valence-corrected chi connectivity index (χ2v) is 9.00. The van der Waals surface area contributed by atoms with E-state index in [2.05, 4.69) is 34.3 Å². The third-order valence-corrected chi connectivity index (χ3v) is 7.22. The fraction of sp³-hybridized carbons (Fsp3) is 0.524. The predicted molar refractivity (Wildman–Crippen MR) is 106 cm³/mol. The van der Waals surface area contributed by atoms with Crippen LogP contribution in [0.3, 0.4) is 0 Å². The fourth-order valence-corrected chi connectivity index (χ4v) is 5.83. The van der Waals surface area contributed by atoms with Crippen LogP contribution >= 0.6 is 11.3 Å². The smallest absolute Gasteiger partial charge is 0.224 e. The first-order valence-electron chi connectivity index (χ1n) is 9.76. The lowest BCUT2D eigenvalue weighted by molar-refractivity contribution is -0.120. The number of thiophene rings is 1. The van der Waals surface area contributed by atoms with Crippen LogP contribution in [0.2, 0.25) is 0 Å². The fourth-order valence-electron chi connectivity index (χ4n) is 5.16. The van der Waals surface area contributed by atoms with Crippen molar-refractivity contribution in [3.8, 4) is 0 Å². The molecule has 3 fully saturated rings. The van der Waals surface area contributed by atoms with Crippen molar-refractivity contribution in [2.45, 2.75) is 37.9 Å². The number of pyridine rings is 1. The Kier molecular flexibility index (Phi) is 4.20. The second-order valence-electron chi connectivity index (χ2n) is 8.22. The van der Waals surface area contributed by atoms with Gasteiger partial charge in [0, 0.05) is 37.7 Å². The molecule has 4 atom stereocenters. The topological polar surface area (TPSA) is 54.5 Å². The summed E-state index contributed by atoms with van der Waals surface area (Å²) in [5.41, 5.74) is 2.23. The summed E-state index contributed by atoms with van der Waals surface area (Å²) in [6, 6.07) is 6.24. The average molecular weight is 384 g/mol. The van der Waals surface area contributed by atoms with Gasteiger partial charge in [-0.2, -0.15) is 11.3 Å². The van der Waals surface area contributed by atoms with E-state index in [0.29, 0.717) is 24.4 Å². The third kappa shape index (κ3) is 3.05. The number of nitrogens with one attached hydrogen (secondary N) is 1. The minimum atomic E-state index is -0.0417. The van der Waals surface area contributed by atoms with Crippen LogP contribution < -0.4 is 10.2 Å². The van der Waals surface area contributed by atoms with E-state index in [1.54, 1.807) is 11.3 Å². The molecule has 2 aromatic heterocycles. The van der Waals surface area contributed by atoms with Crippen molar-refractivity contribution in [3.05, 3.63) is 46.3 Å². The number of anilines is 1. The first-order valence-corrected chi connectivity index (χ1v) is 10.7. The summed E-state index contributed by atoms with van der Waals surface area (Å²) >= 11 is 1.63. The van der Waals surface area contributed by atoms with Crippen LogP contribution in [0.15, 0.2) is 35.2 Å². The number of ether oxygens (including phenoxy) is 1. The molecule has 3 aliphatic rings. The van der Waals surface area contributed by atoms with Crippen LogP contribution in [0.5, 0.6) is 0 Å². The number of hydrogen-bond acceptors (Lipinski definition) is 5. The maximum Gasteiger partial charge on any atom is 0.224 e. The van der Waals surface area contributed by atoms with Gasteiger partial charge in [0.15, 0.2) is 0 Å². The zero-order chi connectivity index (χ0) is 18.4. The lowest BCUT2D eigenvalue weighted by Gasteiger charge is -2.29. The van der Waals surface area contributed by atoms with Crippen molar-refractivity contribution in [2.75, 3.05) is 24.5 Å². The molecule has 5 heterocycles. The van der Waals surface area contributed by atoms with E-state index >= 15 is 0 Å². The SMILES string of the molecule is Cc1ccc(N2C[C@@H]3[C@H](CNC(=O)Cc4ccsc4)[C@H]4CC[C@]3(C2)O4)nc1. The minimum Gasteiger partial charge on any atom is -0.369 e. The van der Waals surface area contributed by atoms with Crippen molar-refractivity contribution in [1.29, 1.82) is 0 Å². The summed E-state index contributed by atoms with van der Waals surface area (Å²) in [5, 5.41) is 7.23. The van der Waals surface area contributed by atoms with Crippen molar-refractivity contribution >= 4 is 23.1 Å². The number of aryl methyl sites for hydroxylation is 1. The molecule has 2 bridgehead atoms. The van der Waals surface area contributed by atoms with E-state index in [-0.39, 0.29) is 11.5 Å². The van der Waals surface area contributed by atoms with Crippen LogP contribution in [0.25, 0.3) is 0 Å². The van der Waals surface area contributed by atoms with Gasteiger partial charge in [-0.3, -0.25) is 4.79 Å². The molecule has 3 saturated heterocycles. The van der Waals surface area contributed by atoms with Gasteiger partial charge in [0.05, 0.1) is 18.1 Å². The molecule has 6 heteroatoms. The standard InChI is InChI=1S/C21H25N3O2S/c1-14-2-3-19(22-9-14)24-11-17-16(18-4-6-21(17,13-24)26-18)10-23-20(25)8-15-5-7-27-12-15/h2-3,5,7,9,12,16-18H,4,6,8,10-11,13H2,1H3,(H,23,25)/t16-,17+,18+,21+/m0/s1. The molecule has 1 spiro atoms. The number of aromatic nitrogens is 1. The Morgan fingerprint density at radius 1 is 1.44 bits per heavy atom. The largest absolute Gasteiger partial charge is 0.369 e. The monoisotopic (exact) mass is 383 g/mol. The number of fused-ring (bicyclic) bond motifs is 1. The van der Waals surface area contributed by atoms with Crippen LogP contribution in [-0.2, 0) is 16.0 Å². The second kappa shape index (κ2) is 6.60. The van der Waals surface area contributed by atoms with Crippen LogP contribution in [-0.4, -0.2) is 42.2 Å². The molecule has 27 heavy (non-hydrogen) atoms. The number of amides is 1. The highest BCUT2D eigenvalue weighted by atomic mass is 32.1. The normalized spacial score (nSPS) is 31.3. The van der Waals surface area contributed by atoms with Crippen molar-refractivity contribution in [3.63, 3.8) is 0 Å². The molecular weight excluding hydrogens is 358 g/mol. The first kappa shape index (κ1) is 17.2. The van der Waals surface area contributed by atoms with E-state index in [4.69, 9.17) is 4.74 Å². The van der Waals surface area contributed by atoms with Gasteiger partial charge in [0.1, 0.15) is 5.82 Å². The summed E-state index contributed by atoms with van der Waals surface area (Å²) in [6.07, 6.45) is 4.93. The Morgan fingerprint density at radius 2 is 2.37 bits per heavy atom. The van der Waals surface area contributed by atoms with Gasteiger partial charge >= 0.3 is 0 Å². The Bertz CT molecular complexity index is 822. The maximum atomic E-state index is 12.3. The summed E-state index contributed by atoms with van der Waals surface area (Å²) in [5.74, 6) is 2.03. The van der Waals surface area contributed by atoms with E-state index in [1.165, 1.54) is 5.56 Å². The lowest BCUT2D eigenvalue weighted by atomic mass is 9.73. The zero-order valence-corrected chi connectivity index (χ0v) is 16.4. The van der Waals surface area contributed by atoms with Gasteiger partial charge in [-0.05, 0) is 53.8 Å². The lowest BCUT2D eigenvalue weighted by Crippen LogP contribution is -2.42. The quantitative estimate of drug-likeness (QED) is 0.863. The van der Waals surface area contributed by atoms with Gasteiger partial charge in [0.25, 0.3) is 0 Å².